The first-order valence-electron chi connectivity index (χ1n) is 6.80. The van der Waals surface area contributed by atoms with Gasteiger partial charge in [0.1, 0.15) is 0 Å². The van der Waals surface area contributed by atoms with Crippen LogP contribution in [-0.4, -0.2) is 38.8 Å². The van der Waals surface area contributed by atoms with Crippen molar-refractivity contribution in [3.8, 4) is 11.4 Å². The van der Waals surface area contributed by atoms with Gasteiger partial charge in [-0.25, -0.2) is 0 Å². The van der Waals surface area contributed by atoms with E-state index < -0.39 is 5.60 Å². The zero-order chi connectivity index (χ0) is 14.6. The molecule has 0 aliphatic rings. The first-order chi connectivity index (χ1) is 9.48. The van der Waals surface area contributed by atoms with Gasteiger partial charge in [0.25, 0.3) is 0 Å². The van der Waals surface area contributed by atoms with E-state index in [9.17, 15) is 5.11 Å². The Hall–Kier alpha value is -1.72. The summed E-state index contributed by atoms with van der Waals surface area (Å²) in [5.41, 5.74) is 0.200. The van der Waals surface area contributed by atoms with Crippen LogP contribution in [0.15, 0.2) is 34.9 Å². The Balaban J connectivity index is 2.05. The fourth-order valence-electron chi connectivity index (χ4n) is 2.04. The fraction of sp³-hybridized carbons (Fsp3) is 0.467. The van der Waals surface area contributed by atoms with E-state index in [-0.39, 0.29) is 0 Å². The average molecular weight is 275 g/mol. The average Bonchev–Trinajstić information content (AvgIpc) is 2.86. The Morgan fingerprint density at radius 1 is 1.25 bits per heavy atom. The second-order valence-electron chi connectivity index (χ2n) is 5.49. The van der Waals surface area contributed by atoms with E-state index in [2.05, 4.69) is 15.0 Å². The number of benzene rings is 1. The summed E-state index contributed by atoms with van der Waals surface area (Å²) in [5.74, 6) is 1.16. The van der Waals surface area contributed by atoms with Crippen molar-refractivity contribution in [1.82, 2.24) is 15.0 Å². The van der Waals surface area contributed by atoms with Crippen LogP contribution in [0.1, 0.15) is 26.7 Å². The van der Waals surface area contributed by atoms with Gasteiger partial charge in [0.05, 0.1) is 12.1 Å². The van der Waals surface area contributed by atoms with Gasteiger partial charge in [-0.05, 0) is 20.4 Å². The van der Waals surface area contributed by atoms with Gasteiger partial charge in [-0.1, -0.05) is 42.4 Å². The van der Waals surface area contributed by atoms with Crippen LogP contribution in [0.3, 0.4) is 0 Å². The summed E-state index contributed by atoms with van der Waals surface area (Å²) in [7, 11) is 0. The minimum atomic E-state index is -0.738. The van der Waals surface area contributed by atoms with Gasteiger partial charge >= 0.3 is 0 Å². The number of likely N-dealkylation sites (N-methyl/N-ethyl adjacent to an activating group) is 1. The molecule has 0 aliphatic carbocycles. The summed E-state index contributed by atoms with van der Waals surface area (Å²) in [6.07, 6.45) is 0. The molecule has 1 aromatic heterocycles. The molecule has 1 heterocycles. The lowest BCUT2D eigenvalue weighted by Crippen LogP contribution is -2.38. The Morgan fingerprint density at radius 3 is 2.55 bits per heavy atom. The molecule has 20 heavy (non-hydrogen) atoms. The van der Waals surface area contributed by atoms with Gasteiger partial charge in [0, 0.05) is 12.1 Å². The monoisotopic (exact) mass is 275 g/mol. The third kappa shape index (κ3) is 4.15. The lowest BCUT2D eigenvalue weighted by Gasteiger charge is -2.26. The molecular formula is C15H21N3O2. The third-order valence-corrected chi connectivity index (χ3v) is 2.92. The molecule has 1 N–H and O–H groups in total. The number of hydrogen-bond donors (Lipinski definition) is 1. The van der Waals surface area contributed by atoms with Crippen molar-refractivity contribution in [3.05, 3.63) is 36.2 Å². The van der Waals surface area contributed by atoms with Crippen LogP contribution in [0, 0.1) is 0 Å². The van der Waals surface area contributed by atoms with Crippen LogP contribution >= 0.6 is 0 Å². The van der Waals surface area contributed by atoms with Crippen LogP contribution in [0.2, 0.25) is 0 Å². The smallest absolute Gasteiger partial charge is 0.241 e. The molecule has 0 atom stereocenters. The van der Waals surface area contributed by atoms with E-state index in [4.69, 9.17) is 4.52 Å². The molecule has 0 radical (unpaired) electrons. The summed E-state index contributed by atoms with van der Waals surface area (Å²) in [4.78, 5) is 6.47. The number of nitrogens with zero attached hydrogens (tertiary/aromatic N) is 3. The molecule has 0 aliphatic heterocycles. The minimum Gasteiger partial charge on any atom is -0.389 e. The van der Waals surface area contributed by atoms with Crippen molar-refractivity contribution in [2.45, 2.75) is 32.9 Å². The molecule has 0 fully saturated rings. The largest absolute Gasteiger partial charge is 0.389 e. The Morgan fingerprint density at radius 2 is 1.95 bits per heavy atom. The molecule has 5 nitrogen and oxygen atoms in total. The molecule has 2 rings (SSSR count). The SMILES string of the molecule is CCN(Cc1nc(-c2ccccc2)no1)CC(C)(C)O. The maximum Gasteiger partial charge on any atom is 0.241 e. The van der Waals surface area contributed by atoms with Crippen LogP contribution in [-0.2, 0) is 6.54 Å². The van der Waals surface area contributed by atoms with Crippen molar-refractivity contribution in [2.24, 2.45) is 0 Å². The van der Waals surface area contributed by atoms with Crippen molar-refractivity contribution >= 4 is 0 Å². The molecule has 1 aromatic carbocycles. The summed E-state index contributed by atoms with van der Waals surface area (Å²) >= 11 is 0. The maximum absolute atomic E-state index is 9.87. The Bertz CT molecular complexity index is 532. The number of aliphatic hydroxyl groups is 1. The highest BCUT2D eigenvalue weighted by Crippen LogP contribution is 2.16. The highest BCUT2D eigenvalue weighted by molar-refractivity contribution is 5.53. The van der Waals surface area contributed by atoms with Crippen LogP contribution in [0.4, 0.5) is 0 Å². The highest BCUT2D eigenvalue weighted by atomic mass is 16.5. The first kappa shape index (κ1) is 14.7. The molecule has 0 spiro atoms. The van der Waals surface area contributed by atoms with Crippen molar-refractivity contribution < 1.29 is 9.63 Å². The van der Waals surface area contributed by atoms with Gasteiger partial charge in [0.2, 0.25) is 11.7 Å². The molecule has 0 unspecified atom stereocenters. The van der Waals surface area contributed by atoms with Gasteiger partial charge in [-0.3, -0.25) is 4.90 Å². The lowest BCUT2D eigenvalue weighted by molar-refractivity contribution is 0.0322. The fourth-order valence-corrected chi connectivity index (χ4v) is 2.04. The highest BCUT2D eigenvalue weighted by Gasteiger charge is 2.19. The second-order valence-corrected chi connectivity index (χ2v) is 5.49. The van der Waals surface area contributed by atoms with Crippen molar-refractivity contribution in [3.63, 3.8) is 0 Å². The summed E-state index contributed by atoms with van der Waals surface area (Å²) < 4.78 is 5.28. The zero-order valence-corrected chi connectivity index (χ0v) is 12.2. The van der Waals surface area contributed by atoms with Crippen LogP contribution in [0.5, 0.6) is 0 Å². The van der Waals surface area contributed by atoms with Crippen LogP contribution < -0.4 is 0 Å². The molecule has 0 saturated heterocycles. The standard InChI is InChI=1S/C15H21N3O2/c1-4-18(11-15(2,3)19)10-13-16-14(17-20-13)12-8-6-5-7-9-12/h5-9,19H,4,10-11H2,1-3H3. The predicted molar refractivity (Wildman–Crippen MR) is 77.0 cm³/mol. The maximum atomic E-state index is 9.87. The third-order valence-electron chi connectivity index (χ3n) is 2.92. The van der Waals surface area contributed by atoms with Crippen molar-refractivity contribution in [1.29, 1.82) is 0 Å². The summed E-state index contributed by atoms with van der Waals surface area (Å²) in [6, 6.07) is 9.73. The molecule has 0 saturated carbocycles. The van der Waals surface area contributed by atoms with Gasteiger partial charge < -0.3 is 9.63 Å². The summed E-state index contributed by atoms with van der Waals surface area (Å²) in [6.45, 7) is 7.54. The zero-order valence-electron chi connectivity index (χ0n) is 12.2. The molecule has 2 aromatic rings. The molecule has 0 bridgehead atoms. The Kier molecular flexibility index (Phi) is 4.52. The van der Waals surface area contributed by atoms with Gasteiger partial charge in [-0.2, -0.15) is 4.98 Å². The molecule has 108 valence electrons. The topological polar surface area (TPSA) is 62.4 Å². The van der Waals surface area contributed by atoms with E-state index in [0.29, 0.717) is 24.8 Å². The van der Waals surface area contributed by atoms with Gasteiger partial charge in [0.15, 0.2) is 0 Å². The molecule has 0 amide bonds. The van der Waals surface area contributed by atoms with Crippen LogP contribution in [0.25, 0.3) is 11.4 Å². The first-order valence-corrected chi connectivity index (χ1v) is 6.80. The Labute approximate surface area is 119 Å². The quantitative estimate of drug-likeness (QED) is 0.876. The number of rotatable bonds is 6. The predicted octanol–water partition coefficient (Wildman–Crippen LogP) is 2.33. The van der Waals surface area contributed by atoms with E-state index in [0.717, 1.165) is 12.1 Å². The van der Waals surface area contributed by atoms with Crippen molar-refractivity contribution in [2.75, 3.05) is 13.1 Å². The second kappa shape index (κ2) is 6.15. The molecule has 5 heteroatoms. The van der Waals surface area contributed by atoms with E-state index in [1.807, 2.05) is 37.3 Å². The number of hydrogen-bond acceptors (Lipinski definition) is 5. The minimum absolute atomic E-state index is 0.542. The van der Waals surface area contributed by atoms with E-state index in [1.54, 1.807) is 13.8 Å². The normalized spacial score (nSPS) is 12.1. The summed E-state index contributed by atoms with van der Waals surface area (Å²) in [5, 5.41) is 13.9. The van der Waals surface area contributed by atoms with E-state index >= 15 is 0 Å². The van der Waals surface area contributed by atoms with Gasteiger partial charge in [-0.15, -0.1) is 0 Å². The number of aromatic nitrogens is 2. The van der Waals surface area contributed by atoms with E-state index in [1.165, 1.54) is 0 Å². The lowest BCUT2D eigenvalue weighted by atomic mass is 10.1. The molecular weight excluding hydrogens is 254 g/mol.